The lowest BCUT2D eigenvalue weighted by molar-refractivity contribution is -0.661. The van der Waals surface area contributed by atoms with Gasteiger partial charge in [-0.25, -0.2) is 9.55 Å². The van der Waals surface area contributed by atoms with E-state index in [1.54, 1.807) is 0 Å². The molecule has 172 valence electrons. The Labute approximate surface area is 205 Å². The van der Waals surface area contributed by atoms with Crippen molar-refractivity contribution in [1.82, 2.24) is 4.98 Å². The van der Waals surface area contributed by atoms with Crippen LogP contribution in [0.2, 0.25) is 0 Å². The van der Waals surface area contributed by atoms with E-state index in [2.05, 4.69) is 58.9 Å². The van der Waals surface area contributed by atoms with Gasteiger partial charge >= 0.3 is 0 Å². The van der Waals surface area contributed by atoms with Crippen molar-refractivity contribution >= 4 is 33.0 Å². The van der Waals surface area contributed by atoms with Crippen molar-refractivity contribution in [2.45, 2.75) is 65.1 Å². The predicted molar refractivity (Wildman–Crippen MR) is 140 cm³/mol. The Morgan fingerprint density at radius 1 is 0.941 bits per heavy atom. The van der Waals surface area contributed by atoms with Gasteiger partial charge in [0.2, 0.25) is 11.4 Å². The maximum atomic E-state index is 8.40. The van der Waals surface area contributed by atoms with Gasteiger partial charge < -0.3 is 4.42 Å². The molecule has 0 saturated heterocycles. The number of benzene rings is 2. The summed E-state index contributed by atoms with van der Waals surface area (Å²) in [5.41, 5.74) is 7.55. The minimum Gasteiger partial charge on any atom is -0.437 e. The fourth-order valence-electron chi connectivity index (χ4n) is 6.05. The maximum absolute atomic E-state index is 8.40. The highest BCUT2D eigenvalue weighted by molar-refractivity contribution is 6.11. The van der Waals surface area contributed by atoms with Gasteiger partial charge in [-0.1, -0.05) is 58.0 Å². The summed E-state index contributed by atoms with van der Waals surface area (Å²) in [7, 11) is 1.97. The molecule has 0 N–H and O–H groups in total. The summed E-state index contributed by atoms with van der Waals surface area (Å²) in [5, 5.41) is 3.09. The molecule has 34 heavy (non-hydrogen) atoms. The van der Waals surface area contributed by atoms with Crippen molar-refractivity contribution in [3.8, 4) is 11.3 Å². The third kappa shape index (κ3) is 2.89. The maximum Gasteiger partial charge on any atom is 0.227 e. The van der Waals surface area contributed by atoms with Gasteiger partial charge in [-0.3, -0.25) is 0 Å². The van der Waals surface area contributed by atoms with E-state index in [-0.39, 0.29) is 10.8 Å². The summed E-state index contributed by atoms with van der Waals surface area (Å²) in [6, 6.07) is 14.5. The third-order valence-electron chi connectivity index (χ3n) is 7.94. The van der Waals surface area contributed by atoms with Crippen LogP contribution in [0.15, 0.2) is 53.1 Å². The van der Waals surface area contributed by atoms with Crippen LogP contribution in [0.5, 0.6) is 0 Å². The van der Waals surface area contributed by atoms with Crippen LogP contribution in [0.3, 0.4) is 0 Å². The second-order valence-corrected chi connectivity index (χ2v) is 11.3. The molecule has 5 aromatic rings. The Morgan fingerprint density at radius 2 is 1.68 bits per heavy atom. The average Bonchev–Trinajstić information content (AvgIpc) is 3.17. The highest BCUT2D eigenvalue weighted by atomic mass is 16.3. The van der Waals surface area contributed by atoms with Gasteiger partial charge in [-0.05, 0) is 60.7 Å². The molecule has 3 nitrogen and oxygen atoms in total. The molecule has 6 rings (SSSR count). The molecule has 0 spiro atoms. The second kappa shape index (κ2) is 6.91. The van der Waals surface area contributed by atoms with Crippen LogP contribution in [0.4, 0.5) is 0 Å². The standard InChI is InChI=1S/C31H33N2O/c1-18-12-13-21-22-16-20-10-8-9-11-23(20)32-29(22)34-28(21)24(18)27-26-25(19(2)17-33(27)7)30(3,4)14-15-31(26,5)6/h8-13,16-17H,14-15H2,1-7H3/q+1/i2D3. The second-order valence-electron chi connectivity index (χ2n) is 11.3. The molecule has 0 unspecified atom stereocenters. The van der Waals surface area contributed by atoms with Gasteiger partial charge in [0.25, 0.3) is 0 Å². The van der Waals surface area contributed by atoms with E-state index in [4.69, 9.17) is 13.5 Å². The van der Waals surface area contributed by atoms with Gasteiger partial charge in [-0.2, -0.15) is 0 Å². The van der Waals surface area contributed by atoms with Crippen molar-refractivity contribution in [2.75, 3.05) is 0 Å². The minimum atomic E-state index is -2.20. The number of fused-ring (bicyclic) bond motifs is 5. The van der Waals surface area contributed by atoms with Crippen LogP contribution in [0.25, 0.3) is 44.2 Å². The number of para-hydroxylation sites is 1. The lowest BCUT2D eigenvalue weighted by Crippen LogP contribution is -2.42. The Balaban J connectivity index is 1.78. The number of hydrogen-bond donors (Lipinski definition) is 0. The first-order valence-electron chi connectivity index (χ1n) is 13.6. The molecular weight excluding hydrogens is 416 g/mol. The van der Waals surface area contributed by atoms with Gasteiger partial charge in [0, 0.05) is 31.4 Å². The molecule has 0 amide bonds. The number of hydrogen-bond acceptors (Lipinski definition) is 2. The van der Waals surface area contributed by atoms with E-state index in [1.165, 1.54) is 0 Å². The molecule has 0 fully saturated rings. The van der Waals surface area contributed by atoms with Crippen molar-refractivity contribution in [3.05, 3.63) is 70.9 Å². The molecule has 0 atom stereocenters. The summed E-state index contributed by atoms with van der Waals surface area (Å²) in [4.78, 5) is 4.84. The normalized spacial score (nSPS) is 18.6. The molecule has 0 bridgehead atoms. The first-order chi connectivity index (χ1) is 17.3. The topological polar surface area (TPSA) is 29.9 Å². The van der Waals surface area contributed by atoms with Crippen LogP contribution in [0.1, 0.15) is 66.9 Å². The lowest BCUT2D eigenvalue weighted by atomic mass is 9.61. The fourth-order valence-corrected chi connectivity index (χ4v) is 6.05. The summed E-state index contributed by atoms with van der Waals surface area (Å²) in [6.45, 7) is 8.77. The molecule has 0 aliphatic heterocycles. The summed E-state index contributed by atoms with van der Waals surface area (Å²) < 4.78 is 33.8. The summed E-state index contributed by atoms with van der Waals surface area (Å²) >= 11 is 0. The van der Waals surface area contributed by atoms with Gasteiger partial charge in [0.1, 0.15) is 7.05 Å². The molecule has 0 radical (unpaired) electrons. The monoisotopic (exact) mass is 452 g/mol. The van der Waals surface area contributed by atoms with Crippen molar-refractivity contribution < 1.29 is 13.1 Å². The smallest absolute Gasteiger partial charge is 0.227 e. The van der Waals surface area contributed by atoms with Crippen molar-refractivity contribution in [1.29, 1.82) is 0 Å². The number of aryl methyl sites for hydroxylation is 3. The van der Waals surface area contributed by atoms with Crippen LogP contribution >= 0.6 is 0 Å². The Hall–Kier alpha value is -3.20. The number of aromatic nitrogens is 2. The van der Waals surface area contributed by atoms with Crippen molar-refractivity contribution in [3.63, 3.8) is 0 Å². The first kappa shape index (κ1) is 18.2. The van der Waals surface area contributed by atoms with Gasteiger partial charge in [0.05, 0.1) is 11.1 Å². The van der Waals surface area contributed by atoms with E-state index >= 15 is 0 Å². The van der Waals surface area contributed by atoms with E-state index in [0.29, 0.717) is 11.3 Å². The predicted octanol–water partition coefficient (Wildman–Crippen LogP) is 7.59. The van der Waals surface area contributed by atoms with E-state index in [0.717, 1.165) is 68.0 Å². The number of pyridine rings is 2. The number of nitrogens with zero attached hydrogens (tertiary/aromatic N) is 2. The average molecular weight is 453 g/mol. The molecule has 1 aliphatic carbocycles. The minimum absolute atomic E-state index is 0.202. The third-order valence-corrected chi connectivity index (χ3v) is 7.94. The van der Waals surface area contributed by atoms with Gasteiger partial charge in [0.15, 0.2) is 11.8 Å². The van der Waals surface area contributed by atoms with Crippen LogP contribution < -0.4 is 4.57 Å². The molecule has 3 heteroatoms. The zero-order valence-electron chi connectivity index (χ0n) is 23.8. The van der Waals surface area contributed by atoms with Crippen LogP contribution in [-0.4, -0.2) is 4.98 Å². The fraction of sp³-hybridized carbons (Fsp3) is 0.355. The Bertz CT molecular complexity index is 1740. The van der Waals surface area contributed by atoms with E-state index < -0.39 is 6.85 Å². The lowest BCUT2D eigenvalue weighted by Gasteiger charge is -2.42. The van der Waals surface area contributed by atoms with Gasteiger partial charge in [-0.15, -0.1) is 0 Å². The molecular formula is C31H33N2O+. The molecule has 2 aromatic carbocycles. The van der Waals surface area contributed by atoms with E-state index in [1.807, 2.05) is 36.0 Å². The summed E-state index contributed by atoms with van der Waals surface area (Å²) in [5.74, 6) is 0. The molecule has 1 aliphatic rings. The molecule has 3 aromatic heterocycles. The van der Waals surface area contributed by atoms with E-state index in [9.17, 15) is 0 Å². The summed E-state index contributed by atoms with van der Waals surface area (Å²) in [6.07, 6.45) is 3.75. The zero-order valence-corrected chi connectivity index (χ0v) is 20.8. The highest BCUT2D eigenvalue weighted by Crippen LogP contribution is 2.51. The van der Waals surface area contributed by atoms with Crippen LogP contribution in [0, 0.1) is 13.8 Å². The quantitative estimate of drug-likeness (QED) is 0.245. The molecule has 3 heterocycles. The number of rotatable bonds is 1. The Kier molecular flexibility index (Phi) is 3.69. The number of furan rings is 1. The zero-order chi connectivity index (χ0) is 26.5. The van der Waals surface area contributed by atoms with Crippen LogP contribution in [-0.2, 0) is 17.9 Å². The SMILES string of the molecule is [2H]C([2H])([2H])c1c[n+](C)c(-c2c(C)ccc3c2oc2nc4ccccc4cc23)c2c1C(C)(C)CCC2(C)C. The first-order valence-corrected chi connectivity index (χ1v) is 12.1. The Morgan fingerprint density at radius 3 is 2.44 bits per heavy atom. The molecule has 0 saturated carbocycles. The van der Waals surface area contributed by atoms with Crippen molar-refractivity contribution in [2.24, 2.45) is 7.05 Å². The highest BCUT2D eigenvalue weighted by Gasteiger charge is 2.44. The largest absolute Gasteiger partial charge is 0.437 e.